The second-order valence-corrected chi connectivity index (χ2v) is 5.50. The monoisotopic (exact) mass is 307 g/mol. The molecule has 0 aliphatic heterocycles. The van der Waals surface area contributed by atoms with Crippen LogP contribution in [-0.2, 0) is 4.79 Å². The lowest BCUT2D eigenvalue weighted by Gasteiger charge is -2.15. The summed E-state index contributed by atoms with van der Waals surface area (Å²) in [6.45, 7) is 3.73. The number of amides is 1. The summed E-state index contributed by atoms with van der Waals surface area (Å²) in [5.41, 5.74) is 1.85. The van der Waals surface area contributed by atoms with Crippen LogP contribution in [0, 0.1) is 17.8 Å². The van der Waals surface area contributed by atoms with E-state index in [2.05, 4.69) is 17.2 Å². The van der Waals surface area contributed by atoms with Crippen LogP contribution in [0.3, 0.4) is 0 Å². The lowest BCUT2D eigenvalue weighted by Crippen LogP contribution is -2.31. The fourth-order valence-electron chi connectivity index (χ4n) is 1.99. The van der Waals surface area contributed by atoms with Gasteiger partial charge in [0.15, 0.2) is 0 Å². The van der Waals surface area contributed by atoms with E-state index >= 15 is 0 Å². The predicted octanol–water partition coefficient (Wildman–Crippen LogP) is 3.56. The van der Waals surface area contributed by atoms with Crippen molar-refractivity contribution in [3.05, 3.63) is 65.7 Å². The minimum Gasteiger partial charge on any atom is -0.497 e. The molecule has 3 heteroatoms. The van der Waals surface area contributed by atoms with Crippen LogP contribution in [-0.4, -0.2) is 13.0 Å². The second-order valence-electron chi connectivity index (χ2n) is 5.50. The van der Waals surface area contributed by atoms with Crippen molar-refractivity contribution >= 4 is 5.91 Å². The first kappa shape index (κ1) is 16.6. The van der Waals surface area contributed by atoms with E-state index < -0.39 is 0 Å². The quantitative estimate of drug-likeness (QED) is 0.877. The third-order valence-electron chi connectivity index (χ3n) is 3.39. The molecule has 1 unspecified atom stereocenters. The molecule has 3 nitrogen and oxygen atoms in total. The summed E-state index contributed by atoms with van der Waals surface area (Å²) in [5, 5.41) is 2.99. The summed E-state index contributed by atoms with van der Waals surface area (Å²) in [7, 11) is 1.63. The fraction of sp³-hybridized carbons (Fsp3) is 0.250. The van der Waals surface area contributed by atoms with Crippen LogP contribution in [0.1, 0.15) is 31.0 Å². The Kier molecular flexibility index (Phi) is 5.82. The van der Waals surface area contributed by atoms with Gasteiger partial charge in [0.1, 0.15) is 11.8 Å². The zero-order chi connectivity index (χ0) is 16.7. The standard InChI is InChI=1S/C20H21NO2/c1-15(2)20(22)21-19(14-9-16-7-5-4-6-8-16)17-10-12-18(23-3)13-11-17/h4-8,10-13,15,19H,1-3H3,(H,21,22). The van der Waals surface area contributed by atoms with Crippen LogP contribution in [0.2, 0.25) is 0 Å². The number of methoxy groups -OCH3 is 1. The Morgan fingerprint density at radius 2 is 1.70 bits per heavy atom. The van der Waals surface area contributed by atoms with Gasteiger partial charge in [0.2, 0.25) is 5.91 Å². The Hall–Kier alpha value is -2.73. The number of ether oxygens (including phenoxy) is 1. The number of carbonyl (C=O) groups is 1. The first-order valence-corrected chi connectivity index (χ1v) is 7.61. The van der Waals surface area contributed by atoms with Gasteiger partial charge in [0.25, 0.3) is 0 Å². The van der Waals surface area contributed by atoms with Crippen LogP contribution in [0.15, 0.2) is 54.6 Å². The number of nitrogens with one attached hydrogen (secondary N) is 1. The number of rotatable bonds is 4. The maximum Gasteiger partial charge on any atom is 0.223 e. The van der Waals surface area contributed by atoms with E-state index in [0.29, 0.717) is 0 Å². The summed E-state index contributed by atoms with van der Waals surface area (Å²) in [4.78, 5) is 12.1. The predicted molar refractivity (Wildman–Crippen MR) is 92.0 cm³/mol. The van der Waals surface area contributed by atoms with Gasteiger partial charge in [-0.1, -0.05) is 56.0 Å². The van der Waals surface area contributed by atoms with Crippen molar-refractivity contribution in [3.63, 3.8) is 0 Å². The average Bonchev–Trinajstić information content (AvgIpc) is 2.59. The molecule has 1 atom stereocenters. The molecule has 2 rings (SSSR count). The molecule has 0 spiro atoms. The molecule has 0 heterocycles. The zero-order valence-corrected chi connectivity index (χ0v) is 13.7. The van der Waals surface area contributed by atoms with E-state index in [1.54, 1.807) is 7.11 Å². The molecule has 2 aromatic rings. The van der Waals surface area contributed by atoms with Gasteiger partial charge in [-0.05, 0) is 29.8 Å². The maximum absolute atomic E-state index is 12.1. The summed E-state index contributed by atoms with van der Waals surface area (Å²) >= 11 is 0. The molecule has 23 heavy (non-hydrogen) atoms. The molecule has 0 aliphatic rings. The Bertz CT molecular complexity index is 694. The van der Waals surface area contributed by atoms with Gasteiger partial charge < -0.3 is 10.1 Å². The van der Waals surface area contributed by atoms with E-state index in [4.69, 9.17) is 4.74 Å². The maximum atomic E-state index is 12.1. The fourth-order valence-corrected chi connectivity index (χ4v) is 1.99. The zero-order valence-electron chi connectivity index (χ0n) is 13.7. The van der Waals surface area contributed by atoms with Crippen molar-refractivity contribution in [1.82, 2.24) is 5.32 Å². The average molecular weight is 307 g/mol. The Morgan fingerprint density at radius 1 is 1.04 bits per heavy atom. The van der Waals surface area contributed by atoms with Gasteiger partial charge in [-0.3, -0.25) is 4.79 Å². The number of benzene rings is 2. The molecular formula is C20H21NO2. The number of carbonyl (C=O) groups excluding carboxylic acids is 1. The molecular weight excluding hydrogens is 286 g/mol. The molecule has 0 fully saturated rings. The first-order valence-electron chi connectivity index (χ1n) is 7.61. The van der Waals surface area contributed by atoms with E-state index in [1.165, 1.54) is 0 Å². The lowest BCUT2D eigenvalue weighted by molar-refractivity contribution is -0.124. The van der Waals surface area contributed by atoms with E-state index in [1.807, 2.05) is 68.4 Å². The molecule has 1 N–H and O–H groups in total. The van der Waals surface area contributed by atoms with Gasteiger partial charge in [-0.25, -0.2) is 0 Å². The van der Waals surface area contributed by atoms with Crippen molar-refractivity contribution < 1.29 is 9.53 Å². The first-order chi connectivity index (χ1) is 11.1. The highest BCUT2D eigenvalue weighted by molar-refractivity contribution is 5.78. The van der Waals surface area contributed by atoms with Gasteiger partial charge >= 0.3 is 0 Å². The van der Waals surface area contributed by atoms with Crippen molar-refractivity contribution in [2.24, 2.45) is 5.92 Å². The smallest absolute Gasteiger partial charge is 0.223 e. The van der Waals surface area contributed by atoms with Gasteiger partial charge in [0, 0.05) is 11.5 Å². The van der Waals surface area contributed by atoms with Gasteiger partial charge in [-0.15, -0.1) is 0 Å². The normalized spacial score (nSPS) is 11.3. The highest BCUT2D eigenvalue weighted by atomic mass is 16.5. The molecule has 1 amide bonds. The molecule has 0 bridgehead atoms. The largest absolute Gasteiger partial charge is 0.497 e. The van der Waals surface area contributed by atoms with Gasteiger partial charge in [-0.2, -0.15) is 0 Å². The highest BCUT2D eigenvalue weighted by Crippen LogP contribution is 2.18. The number of hydrogen-bond donors (Lipinski definition) is 1. The van der Waals surface area contributed by atoms with Crippen molar-refractivity contribution in [2.75, 3.05) is 7.11 Å². The van der Waals surface area contributed by atoms with Crippen molar-refractivity contribution in [3.8, 4) is 17.6 Å². The minimum absolute atomic E-state index is 0.0202. The van der Waals surface area contributed by atoms with Crippen LogP contribution in [0.25, 0.3) is 0 Å². The summed E-state index contributed by atoms with van der Waals surface area (Å²) in [6.07, 6.45) is 0. The van der Waals surface area contributed by atoms with Crippen LogP contribution < -0.4 is 10.1 Å². The molecule has 118 valence electrons. The third-order valence-corrected chi connectivity index (χ3v) is 3.39. The number of hydrogen-bond acceptors (Lipinski definition) is 2. The second kappa shape index (κ2) is 8.05. The van der Waals surface area contributed by atoms with Crippen LogP contribution >= 0.6 is 0 Å². The van der Waals surface area contributed by atoms with E-state index in [0.717, 1.165) is 16.9 Å². The Balaban J connectivity index is 2.27. The van der Waals surface area contributed by atoms with Crippen LogP contribution in [0.4, 0.5) is 0 Å². The van der Waals surface area contributed by atoms with E-state index in [9.17, 15) is 4.79 Å². The lowest BCUT2D eigenvalue weighted by atomic mass is 10.1. The molecule has 0 saturated carbocycles. The molecule has 0 aliphatic carbocycles. The summed E-state index contributed by atoms with van der Waals surface area (Å²) < 4.78 is 5.17. The highest BCUT2D eigenvalue weighted by Gasteiger charge is 2.14. The van der Waals surface area contributed by atoms with Crippen molar-refractivity contribution in [2.45, 2.75) is 19.9 Å². The van der Waals surface area contributed by atoms with Gasteiger partial charge in [0.05, 0.1) is 7.11 Å². The topological polar surface area (TPSA) is 38.3 Å². The minimum atomic E-state index is -0.351. The molecule has 0 saturated heterocycles. The summed E-state index contributed by atoms with van der Waals surface area (Å²) in [5.74, 6) is 6.94. The molecule has 0 radical (unpaired) electrons. The third kappa shape index (κ3) is 4.89. The van der Waals surface area contributed by atoms with Crippen molar-refractivity contribution in [1.29, 1.82) is 0 Å². The SMILES string of the molecule is COc1ccc(C(C#Cc2ccccc2)NC(=O)C(C)C)cc1. The van der Waals surface area contributed by atoms with Crippen LogP contribution in [0.5, 0.6) is 5.75 Å². The molecule has 2 aromatic carbocycles. The summed E-state index contributed by atoms with van der Waals surface area (Å²) in [6, 6.07) is 17.0. The Labute approximate surface area is 137 Å². The molecule has 0 aromatic heterocycles. The Morgan fingerprint density at radius 3 is 2.26 bits per heavy atom. The van der Waals surface area contributed by atoms with E-state index in [-0.39, 0.29) is 17.9 Å².